The Bertz CT molecular complexity index is 1220. The Balaban J connectivity index is 1.78. The summed E-state index contributed by atoms with van der Waals surface area (Å²) in [6, 6.07) is 19.0. The Morgan fingerprint density at radius 3 is 2.76 bits per heavy atom. The number of rotatable bonds is 4. The summed E-state index contributed by atoms with van der Waals surface area (Å²) in [5.41, 5.74) is 5.82. The Hall–Kier alpha value is -3.11. The van der Waals surface area contributed by atoms with E-state index in [1.165, 1.54) is 27.3 Å². The molecule has 0 spiro atoms. The minimum absolute atomic E-state index is 0.607. The summed E-state index contributed by atoms with van der Waals surface area (Å²) in [5, 5.41) is 7.37. The van der Waals surface area contributed by atoms with E-state index in [1.54, 1.807) is 7.11 Å². The smallest absolute Gasteiger partial charge is 0.161 e. The largest absolute Gasteiger partial charge is 0.493 e. The van der Waals surface area contributed by atoms with Gasteiger partial charge in [-0.25, -0.2) is 4.98 Å². The van der Waals surface area contributed by atoms with Crippen molar-refractivity contribution < 1.29 is 9.47 Å². The predicted molar refractivity (Wildman–Crippen MR) is 118 cm³/mol. The topological polar surface area (TPSA) is 43.4 Å². The van der Waals surface area contributed by atoms with Gasteiger partial charge in [0.25, 0.3) is 0 Å². The number of ether oxygens (including phenoxy) is 2. The van der Waals surface area contributed by atoms with E-state index in [1.807, 2.05) is 19.1 Å². The van der Waals surface area contributed by atoms with Crippen molar-refractivity contribution in [2.75, 3.05) is 20.3 Å². The third kappa shape index (κ3) is 3.00. The van der Waals surface area contributed by atoms with Gasteiger partial charge < -0.3 is 14.8 Å². The summed E-state index contributed by atoms with van der Waals surface area (Å²) in [4.78, 5) is 5.12. The highest BCUT2D eigenvalue weighted by Gasteiger charge is 2.21. The van der Waals surface area contributed by atoms with Crippen LogP contribution in [0.1, 0.15) is 18.1 Å². The first kappa shape index (κ1) is 18.0. The fourth-order valence-corrected chi connectivity index (χ4v) is 4.37. The lowest BCUT2D eigenvalue weighted by Gasteiger charge is -2.23. The molecule has 0 unspecified atom stereocenters. The number of benzene rings is 3. The van der Waals surface area contributed by atoms with Gasteiger partial charge in [0, 0.05) is 17.5 Å². The predicted octanol–water partition coefficient (Wildman–Crippen LogP) is 5.11. The molecule has 0 bridgehead atoms. The molecule has 146 valence electrons. The highest BCUT2D eigenvalue weighted by atomic mass is 16.5. The van der Waals surface area contributed by atoms with Crippen LogP contribution in [-0.4, -0.2) is 25.2 Å². The molecule has 0 saturated carbocycles. The average molecular weight is 384 g/mol. The number of hydrogen-bond donors (Lipinski definition) is 1. The van der Waals surface area contributed by atoms with Crippen molar-refractivity contribution in [2.24, 2.45) is 0 Å². The van der Waals surface area contributed by atoms with Gasteiger partial charge in [-0.3, -0.25) is 0 Å². The first-order valence-corrected chi connectivity index (χ1v) is 10.1. The standard InChI is InChI=1S/C25H24N2O2/c1-3-29-22-11-9-17(14-23(22)28-2)25-20-15-26-13-12-19(20)24-18-7-5-4-6-16(18)8-10-21(24)27-25/h4-11,14,26H,3,12-13,15H2,1-2H3. The van der Waals surface area contributed by atoms with Crippen LogP contribution in [0.5, 0.6) is 11.5 Å². The van der Waals surface area contributed by atoms with Gasteiger partial charge in [-0.2, -0.15) is 0 Å². The van der Waals surface area contributed by atoms with Gasteiger partial charge in [-0.15, -0.1) is 0 Å². The minimum Gasteiger partial charge on any atom is -0.493 e. The van der Waals surface area contributed by atoms with Gasteiger partial charge in [0.1, 0.15) is 0 Å². The molecule has 2 heterocycles. The number of aromatic nitrogens is 1. The van der Waals surface area contributed by atoms with Crippen LogP contribution in [0.2, 0.25) is 0 Å². The SMILES string of the molecule is CCOc1ccc(-c2nc3ccc4ccccc4c3c3c2CNCC3)cc1OC. The van der Waals surface area contributed by atoms with Crippen LogP contribution in [0, 0.1) is 0 Å². The van der Waals surface area contributed by atoms with E-state index in [9.17, 15) is 0 Å². The summed E-state index contributed by atoms with van der Waals surface area (Å²) in [6.45, 7) is 4.40. The van der Waals surface area contributed by atoms with Crippen molar-refractivity contribution in [1.29, 1.82) is 0 Å². The average Bonchev–Trinajstić information content (AvgIpc) is 2.78. The van der Waals surface area contributed by atoms with Gasteiger partial charge in [-0.1, -0.05) is 30.3 Å². The normalized spacial score (nSPS) is 13.4. The third-order valence-corrected chi connectivity index (χ3v) is 5.68. The van der Waals surface area contributed by atoms with Crippen molar-refractivity contribution in [3.8, 4) is 22.8 Å². The maximum absolute atomic E-state index is 5.69. The molecule has 0 saturated heterocycles. The molecule has 29 heavy (non-hydrogen) atoms. The second-order valence-corrected chi connectivity index (χ2v) is 7.32. The summed E-state index contributed by atoms with van der Waals surface area (Å²) < 4.78 is 11.3. The maximum atomic E-state index is 5.69. The lowest BCUT2D eigenvalue weighted by Crippen LogP contribution is -2.25. The molecule has 0 atom stereocenters. The van der Waals surface area contributed by atoms with E-state index in [-0.39, 0.29) is 0 Å². The molecule has 4 heteroatoms. The van der Waals surface area contributed by atoms with Gasteiger partial charge >= 0.3 is 0 Å². The van der Waals surface area contributed by atoms with E-state index < -0.39 is 0 Å². The van der Waals surface area contributed by atoms with Crippen molar-refractivity contribution in [3.63, 3.8) is 0 Å². The number of methoxy groups -OCH3 is 1. The molecule has 3 aromatic carbocycles. The van der Waals surface area contributed by atoms with Crippen LogP contribution in [0.3, 0.4) is 0 Å². The van der Waals surface area contributed by atoms with Gasteiger partial charge in [0.05, 0.1) is 24.9 Å². The van der Waals surface area contributed by atoms with Crippen LogP contribution >= 0.6 is 0 Å². The Morgan fingerprint density at radius 2 is 1.90 bits per heavy atom. The van der Waals surface area contributed by atoms with E-state index in [0.29, 0.717) is 6.61 Å². The molecule has 4 nitrogen and oxygen atoms in total. The van der Waals surface area contributed by atoms with Crippen molar-refractivity contribution in [2.45, 2.75) is 19.9 Å². The molecule has 5 rings (SSSR count). The second-order valence-electron chi connectivity index (χ2n) is 7.32. The first-order valence-electron chi connectivity index (χ1n) is 10.1. The quantitative estimate of drug-likeness (QED) is 0.497. The van der Waals surface area contributed by atoms with Crippen molar-refractivity contribution in [3.05, 3.63) is 65.7 Å². The lowest BCUT2D eigenvalue weighted by molar-refractivity contribution is 0.311. The van der Waals surface area contributed by atoms with Crippen LogP contribution in [-0.2, 0) is 13.0 Å². The number of fused-ring (bicyclic) bond motifs is 5. The zero-order valence-corrected chi connectivity index (χ0v) is 16.8. The monoisotopic (exact) mass is 384 g/mol. The number of nitrogens with one attached hydrogen (secondary N) is 1. The Kier molecular flexibility index (Phi) is 4.57. The van der Waals surface area contributed by atoms with E-state index in [4.69, 9.17) is 14.5 Å². The fourth-order valence-electron chi connectivity index (χ4n) is 4.37. The molecular weight excluding hydrogens is 360 g/mol. The summed E-state index contributed by atoms with van der Waals surface area (Å²) >= 11 is 0. The number of nitrogens with zero attached hydrogens (tertiary/aromatic N) is 1. The van der Waals surface area contributed by atoms with Gasteiger partial charge in [-0.05, 0) is 66.1 Å². The molecule has 1 N–H and O–H groups in total. The van der Waals surface area contributed by atoms with Crippen molar-refractivity contribution >= 4 is 21.7 Å². The van der Waals surface area contributed by atoms with Crippen LogP contribution in [0.25, 0.3) is 32.9 Å². The second kappa shape index (κ2) is 7.37. The lowest BCUT2D eigenvalue weighted by atomic mass is 9.90. The molecule has 4 aromatic rings. The third-order valence-electron chi connectivity index (χ3n) is 5.68. The molecule has 0 fully saturated rings. The zero-order chi connectivity index (χ0) is 19.8. The van der Waals surface area contributed by atoms with Crippen molar-refractivity contribution in [1.82, 2.24) is 10.3 Å². The minimum atomic E-state index is 0.607. The summed E-state index contributed by atoms with van der Waals surface area (Å²) in [7, 11) is 1.68. The highest BCUT2D eigenvalue weighted by molar-refractivity contribution is 6.09. The summed E-state index contributed by atoms with van der Waals surface area (Å²) in [6.07, 6.45) is 1.00. The highest BCUT2D eigenvalue weighted by Crippen LogP contribution is 2.38. The fraction of sp³-hybridized carbons (Fsp3) is 0.240. The molecule has 1 aliphatic rings. The molecule has 1 aliphatic heterocycles. The molecule has 0 aliphatic carbocycles. The number of pyridine rings is 1. The maximum Gasteiger partial charge on any atom is 0.161 e. The number of hydrogen-bond acceptors (Lipinski definition) is 4. The summed E-state index contributed by atoms with van der Waals surface area (Å²) in [5.74, 6) is 1.50. The molecule has 0 radical (unpaired) electrons. The van der Waals surface area contributed by atoms with E-state index in [0.717, 1.165) is 47.8 Å². The molecular formula is C25H24N2O2. The zero-order valence-electron chi connectivity index (χ0n) is 16.8. The van der Waals surface area contributed by atoms with Crippen LogP contribution in [0.15, 0.2) is 54.6 Å². The van der Waals surface area contributed by atoms with E-state index >= 15 is 0 Å². The van der Waals surface area contributed by atoms with Crippen LogP contribution < -0.4 is 14.8 Å². The molecule has 0 amide bonds. The molecule has 1 aromatic heterocycles. The van der Waals surface area contributed by atoms with Crippen LogP contribution in [0.4, 0.5) is 0 Å². The van der Waals surface area contributed by atoms with E-state index in [2.05, 4.69) is 47.8 Å². The Labute approximate surface area is 170 Å². The van der Waals surface area contributed by atoms with Gasteiger partial charge in [0.15, 0.2) is 11.5 Å². The Morgan fingerprint density at radius 1 is 1.00 bits per heavy atom. The van der Waals surface area contributed by atoms with Gasteiger partial charge in [0.2, 0.25) is 0 Å². The first-order chi connectivity index (χ1) is 14.3.